The average Bonchev–Trinajstić information content (AvgIpc) is 2.68. The normalized spacial score (nSPS) is 19.2. The highest BCUT2D eigenvalue weighted by atomic mass is 35.5. The van der Waals surface area contributed by atoms with Crippen LogP contribution in [0.5, 0.6) is 5.75 Å². The Morgan fingerprint density at radius 1 is 1.33 bits per heavy atom. The fraction of sp³-hybridized carbons (Fsp3) is 0.333. The summed E-state index contributed by atoms with van der Waals surface area (Å²) in [7, 11) is 0. The number of phenols is 1. The smallest absolute Gasteiger partial charge is 0.123 e. The molecule has 2 N–H and O–H groups in total. The van der Waals surface area contributed by atoms with E-state index >= 15 is 0 Å². The van der Waals surface area contributed by atoms with Crippen LogP contribution in [0.2, 0.25) is 5.02 Å². The molecule has 1 aromatic rings. The van der Waals surface area contributed by atoms with Crippen LogP contribution < -0.4 is 0 Å². The monoisotopic (exact) mass is 184 g/mol. The summed E-state index contributed by atoms with van der Waals surface area (Å²) in [6.07, 6.45) is 1.37. The number of halogens is 1. The van der Waals surface area contributed by atoms with Crippen molar-refractivity contribution in [3.05, 3.63) is 28.8 Å². The molecule has 1 aromatic carbocycles. The van der Waals surface area contributed by atoms with Gasteiger partial charge in [-0.3, -0.25) is 0 Å². The van der Waals surface area contributed by atoms with Gasteiger partial charge in [0.05, 0.1) is 10.6 Å². The zero-order chi connectivity index (χ0) is 8.77. The molecule has 2 nitrogen and oxygen atoms in total. The molecule has 0 bridgehead atoms. The van der Waals surface area contributed by atoms with Crippen molar-refractivity contribution in [3.8, 4) is 5.75 Å². The van der Waals surface area contributed by atoms with Crippen LogP contribution in [0.15, 0.2) is 18.2 Å². The van der Waals surface area contributed by atoms with Gasteiger partial charge in [0.25, 0.3) is 0 Å². The van der Waals surface area contributed by atoms with Gasteiger partial charge in [-0.1, -0.05) is 17.7 Å². The van der Waals surface area contributed by atoms with E-state index in [4.69, 9.17) is 11.6 Å². The second kappa shape index (κ2) is 2.38. The minimum atomic E-state index is -0.859. The summed E-state index contributed by atoms with van der Waals surface area (Å²) in [5, 5.41) is 19.6. The summed E-state index contributed by atoms with van der Waals surface area (Å²) in [6, 6.07) is 4.87. The molecule has 1 saturated carbocycles. The van der Waals surface area contributed by atoms with E-state index in [1.165, 1.54) is 6.07 Å². The third kappa shape index (κ3) is 1.08. The van der Waals surface area contributed by atoms with E-state index in [0.717, 1.165) is 0 Å². The second-order valence-electron chi connectivity index (χ2n) is 3.17. The Kier molecular flexibility index (Phi) is 1.56. The standard InChI is InChI=1S/C9H9ClO2/c10-6-2-1-3-7(11)8(6)9(12)4-5-9/h1-3,11-12H,4-5H2. The van der Waals surface area contributed by atoms with Crippen molar-refractivity contribution in [1.82, 2.24) is 0 Å². The highest BCUT2D eigenvalue weighted by Gasteiger charge is 2.45. The molecule has 0 aliphatic heterocycles. The van der Waals surface area contributed by atoms with Crippen LogP contribution in [0.1, 0.15) is 18.4 Å². The number of rotatable bonds is 1. The van der Waals surface area contributed by atoms with Crippen LogP contribution in [0, 0.1) is 0 Å². The van der Waals surface area contributed by atoms with Crippen molar-refractivity contribution in [2.45, 2.75) is 18.4 Å². The molecule has 0 unspecified atom stereocenters. The molecule has 0 atom stereocenters. The SMILES string of the molecule is Oc1cccc(Cl)c1C1(O)CC1. The molecule has 2 rings (SSSR count). The second-order valence-corrected chi connectivity index (χ2v) is 3.57. The Morgan fingerprint density at radius 3 is 2.50 bits per heavy atom. The first-order valence-corrected chi connectivity index (χ1v) is 4.22. The van der Waals surface area contributed by atoms with E-state index in [0.29, 0.717) is 23.4 Å². The van der Waals surface area contributed by atoms with Crippen molar-refractivity contribution >= 4 is 11.6 Å². The van der Waals surface area contributed by atoms with E-state index in [1.807, 2.05) is 0 Å². The Balaban J connectivity index is 2.55. The third-order valence-corrected chi connectivity index (χ3v) is 2.50. The van der Waals surface area contributed by atoms with Crippen LogP contribution in [0.25, 0.3) is 0 Å². The van der Waals surface area contributed by atoms with Crippen LogP contribution in [0.4, 0.5) is 0 Å². The third-order valence-electron chi connectivity index (χ3n) is 2.18. The first-order valence-electron chi connectivity index (χ1n) is 3.84. The number of hydrogen-bond acceptors (Lipinski definition) is 2. The van der Waals surface area contributed by atoms with Crippen LogP contribution in [-0.4, -0.2) is 10.2 Å². The Bertz CT molecular complexity index is 298. The fourth-order valence-electron chi connectivity index (χ4n) is 1.34. The number of phenolic OH excluding ortho intramolecular Hbond substituents is 1. The highest BCUT2D eigenvalue weighted by molar-refractivity contribution is 6.31. The van der Waals surface area contributed by atoms with Gasteiger partial charge in [-0.15, -0.1) is 0 Å². The highest BCUT2D eigenvalue weighted by Crippen LogP contribution is 2.50. The van der Waals surface area contributed by atoms with Crippen molar-refractivity contribution in [2.24, 2.45) is 0 Å². The van der Waals surface area contributed by atoms with Gasteiger partial charge in [-0.05, 0) is 25.0 Å². The van der Waals surface area contributed by atoms with Crippen LogP contribution in [0.3, 0.4) is 0 Å². The Hall–Kier alpha value is -0.730. The summed E-state index contributed by atoms with van der Waals surface area (Å²) in [6.45, 7) is 0. The lowest BCUT2D eigenvalue weighted by molar-refractivity contribution is 0.148. The van der Waals surface area contributed by atoms with E-state index in [-0.39, 0.29) is 5.75 Å². The molecule has 0 spiro atoms. The predicted octanol–water partition coefficient (Wildman–Crippen LogP) is 2.03. The minimum absolute atomic E-state index is 0.0856. The topological polar surface area (TPSA) is 40.5 Å². The lowest BCUT2D eigenvalue weighted by Gasteiger charge is -2.11. The molecule has 3 heteroatoms. The molecule has 0 radical (unpaired) electrons. The van der Waals surface area contributed by atoms with E-state index in [9.17, 15) is 10.2 Å². The lowest BCUT2D eigenvalue weighted by Crippen LogP contribution is -2.05. The number of aromatic hydroxyl groups is 1. The van der Waals surface area contributed by atoms with Crippen molar-refractivity contribution in [1.29, 1.82) is 0 Å². The van der Waals surface area contributed by atoms with Gasteiger partial charge in [0.1, 0.15) is 5.75 Å². The molecule has 64 valence electrons. The van der Waals surface area contributed by atoms with Gasteiger partial charge >= 0.3 is 0 Å². The van der Waals surface area contributed by atoms with Gasteiger partial charge in [0.15, 0.2) is 0 Å². The summed E-state index contributed by atoms with van der Waals surface area (Å²) < 4.78 is 0. The molecular weight excluding hydrogens is 176 g/mol. The summed E-state index contributed by atoms with van der Waals surface area (Å²) >= 11 is 5.83. The van der Waals surface area contributed by atoms with Crippen molar-refractivity contribution in [3.63, 3.8) is 0 Å². The summed E-state index contributed by atoms with van der Waals surface area (Å²) in [5.41, 5.74) is -0.380. The average molecular weight is 185 g/mol. The van der Waals surface area contributed by atoms with Gasteiger partial charge in [0.2, 0.25) is 0 Å². The molecular formula is C9H9ClO2. The summed E-state index contributed by atoms with van der Waals surface area (Å²) in [5.74, 6) is 0.0856. The van der Waals surface area contributed by atoms with Gasteiger partial charge in [-0.2, -0.15) is 0 Å². The molecule has 0 amide bonds. The maximum absolute atomic E-state index is 9.72. The zero-order valence-corrected chi connectivity index (χ0v) is 7.17. The number of hydrogen-bond donors (Lipinski definition) is 2. The largest absolute Gasteiger partial charge is 0.508 e. The molecule has 12 heavy (non-hydrogen) atoms. The molecule has 0 aromatic heterocycles. The van der Waals surface area contributed by atoms with E-state index < -0.39 is 5.60 Å². The number of aliphatic hydroxyl groups is 1. The Morgan fingerprint density at radius 2 is 2.00 bits per heavy atom. The maximum Gasteiger partial charge on any atom is 0.123 e. The predicted molar refractivity (Wildman–Crippen MR) is 46.2 cm³/mol. The molecule has 1 fully saturated rings. The minimum Gasteiger partial charge on any atom is -0.508 e. The lowest BCUT2D eigenvalue weighted by atomic mass is 10.1. The Labute approximate surface area is 75.4 Å². The first-order chi connectivity index (χ1) is 5.63. The van der Waals surface area contributed by atoms with Gasteiger partial charge in [-0.25, -0.2) is 0 Å². The van der Waals surface area contributed by atoms with Gasteiger partial charge in [0, 0.05) is 5.56 Å². The van der Waals surface area contributed by atoms with Crippen molar-refractivity contribution in [2.75, 3.05) is 0 Å². The molecule has 1 aliphatic carbocycles. The van der Waals surface area contributed by atoms with Crippen LogP contribution >= 0.6 is 11.6 Å². The zero-order valence-electron chi connectivity index (χ0n) is 6.42. The maximum atomic E-state index is 9.72. The van der Waals surface area contributed by atoms with Crippen molar-refractivity contribution < 1.29 is 10.2 Å². The molecule has 0 saturated heterocycles. The van der Waals surface area contributed by atoms with Crippen LogP contribution in [-0.2, 0) is 5.60 Å². The molecule has 0 heterocycles. The first kappa shape index (κ1) is 7.90. The van der Waals surface area contributed by atoms with E-state index in [1.54, 1.807) is 12.1 Å². The fourth-order valence-corrected chi connectivity index (χ4v) is 1.69. The van der Waals surface area contributed by atoms with Gasteiger partial charge < -0.3 is 10.2 Å². The van der Waals surface area contributed by atoms with E-state index in [2.05, 4.69) is 0 Å². The summed E-state index contributed by atoms with van der Waals surface area (Å²) in [4.78, 5) is 0. The quantitative estimate of drug-likeness (QED) is 0.701. The molecule has 1 aliphatic rings. The number of benzene rings is 1.